The standard InChI is InChI=1S/C13H13N3S/c14-10-5-3-9(4-6-10)11-8-12(16-15-11)13-2-1-7-17-13/h1-7,11,15H,8,14H2. The predicted octanol–water partition coefficient (Wildman–Crippen LogP) is 2.77. The lowest BCUT2D eigenvalue weighted by atomic mass is 10.0. The van der Waals surface area contributed by atoms with E-state index in [0.717, 1.165) is 17.8 Å². The van der Waals surface area contributed by atoms with Crippen molar-refractivity contribution in [2.45, 2.75) is 12.5 Å². The van der Waals surface area contributed by atoms with Gasteiger partial charge in [-0.25, -0.2) is 0 Å². The van der Waals surface area contributed by atoms with E-state index in [1.54, 1.807) is 11.3 Å². The number of nitrogens with one attached hydrogen (secondary N) is 1. The van der Waals surface area contributed by atoms with Crippen LogP contribution in [0.2, 0.25) is 0 Å². The maximum atomic E-state index is 5.68. The molecule has 0 spiro atoms. The number of nitrogens with two attached hydrogens (primary N) is 1. The smallest absolute Gasteiger partial charge is 0.0799 e. The number of anilines is 1. The molecule has 3 rings (SSSR count). The van der Waals surface area contributed by atoms with Gasteiger partial charge in [-0.15, -0.1) is 11.3 Å². The molecule has 2 heterocycles. The molecule has 1 aliphatic heterocycles. The van der Waals surface area contributed by atoms with Gasteiger partial charge in [0, 0.05) is 12.1 Å². The van der Waals surface area contributed by atoms with Crippen LogP contribution < -0.4 is 11.2 Å². The topological polar surface area (TPSA) is 50.4 Å². The Hall–Kier alpha value is -1.81. The minimum absolute atomic E-state index is 0.271. The lowest BCUT2D eigenvalue weighted by Crippen LogP contribution is -2.09. The molecule has 0 saturated heterocycles. The Labute approximate surface area is 104 Å². The van der Waals surface area contributed by atoms with Crippen LogP contribution in [-0.4, -0.2) is 5.71 Å². The van der Waals surface area contributed by atoms with Crippen molar-refractivity contribution in [2.75, 3.05) is 5.73 Å². The second-order valence-electron chi connectivity index (χ2n) is 4.09. The van der Waals surface area contributed by atoms with Gasteiger partial charge in [0.25, 0.3) is 0 Å². The van der Waals surface area contributed by atoms with Gasteiger partial charge in [0.05, 0.1) is 16.6 Å². The molecule has 0 bridgehead atoms. The van der Waals surface area contributed by atoms with Gasteiger partial charge >= 0.3 is 0 Å². The van der Waals surface area contributed by atoms with E-state index in [-0.39, 0.29) is 6.04 Å². The minimum Gasteiger partial charge on any atom is -0.399 e. The maximum Gasteiger partial charge on any atom is 0.0799 e. The number of thiophene rings is 1. The number of hydrazone groups is 1. The molecule has 3 N–H and O–H groups in total. The zero-order chi connectivity index (χ0) is 11.7. The van der Waals surface area contributed by atoms with E-state index in [9.17, 15) is 0 Å². The van der Waals surface area contributed by atoms with Crippen molar-refractivity contribution in [3.8, 4) is 0 Å². The summed E-state index contributed by atoms with van der Waals surface area (Å²) in [5, 5.41) is 6.48. The van der Waals surface area contributed by atoms with Crippen LogP contribution in [0.4, 0.5) is 5.69 Å². The average Bonchev–Trinajstić information content (AvgIpc) is 3.00. The molecular weight excluding hydrogens is 230 g/mol. The SMILES string of the molecule is Nc1ccc(C2CC(c3cccs3)=NN2)cc1. The summed E-state index contributed by atoms with van der Waals surface area (Å²) < 4.78 is 0. The third-order valence-corrected chi connectivity index (χ3v) is 3.82. The molecule has 1 atom stereocenters. The van der Waals surface area contributed by atoms with Crippen LogP contribution in [0.15, 0.2) is 46.9 Å². The summed E-state index contributed by atoms with van der Waals surface area (Å²) in [6.45, 7) is 0. The summed E-state index contributed by atoms with van der Waals surface area (Å²) in [5.74, 6) is 0. The quantitative estimate of drug-likeness (QED) is 0.797. The van der Waals surface area contributed by atoms with Crippen LogP contribution in [0.25, 0.3) is 0 Å². The molecule has 2 aromatic rings. The zero-order valence-electron chi connectivity index (χ0n) is 9.26. The van der Waals surface area contributed by atoms with E-state index in [4.69, 9.17) is 5.73 Å². The average molecular weight is 243 g/mol. The van der Waals surface area contributed by atoms with Crippen LogP contribution in [-0.2, 0) is 0 Å². The third-order valence-electron chi connectivity index (χ3n) is 2.90. The zero-order valence-corrected chi connectivity index (χ0v) is 10.1. The number of nitrogens with zero attached hydrogens (tertiary/aromatic N) is 1. The highest BCUT2D eigenvalue weighted by atomic mass is 32.1. The molecule has 0 amide bonds. The van der Waals surface area contributed by atoms with Crippen LogP contribution in [0, 0.1) is 0 Å². The molecule has 1 aliphatic rings. The van der Waals surface area contributed by atoms with Crippen molar-refractivity contribution in [1.29, 1.82) is 0 Å². The summed E-state index contributed by atoms with van der Waals surface area (Å²) >= 11 is 1.73. The minimum atomic E-state index is 0.271. The van der Waals surface area contributed by atoms with Gasteiger partial charge < -0.3 is 11.2 Å². The van der Waals surface area contributed by atoms with Gasteiger partial charge in [0.1, 0.15) is 0 Å². The molecule has 0 radical (unpaired) electrons. The lowest BCUT2D eigenvalue weighted by Gasteiger charge is -2.09. The highest BCUT2D eigenvalue weighted by molar-refractivity contribution is 7.12. The number of benzene rings is 1. The summed E-state index contributed by atoms with van der Waals surface area (Å²) in [4.78, 5) is 1.25. The molecule has 3 nitrogen and oxygen atoms in total. The van der Waals surface area contributed by atoms with Crippen LogP contribution in [0.1, 0.15) is 22.9 Å². The fraction of sp³-hybridized carbons (Fsp3) is 0.154. The molecule has 1 unspecified atom stereocenters. The van der Waals surface area contributed by atoms with Crippen molar-refractivity contribution < 1.29 is 0 Å². The van der Waals surface area contributed by atoms with Crippen molar-refractivity contribution in [3.05, 3.63) is 52.2 Å². The normalized spacial score (nSPS) is 18.8. The summed E-state index contributed by atoms with van der Waals surface area (Å²) in [7, 11) is 0. The van der Waals surface area contributed by atoms with Gasteiger partial charge in [0.15, 0.2) is 0 Å². The number of hydrogen-bond acceptors (Lipinski definition) is 4. The van der Waals surface area contributed by atoms with E-state index in [1.165, 1.54) is 10.4 Å². The lowest BCUT2D eigenvalue weighted by molar-refractivity contribution is 0.620. The highest BCUT2D eigenvalue weighted by Gasteiger charge is 2.21. The molecule has 0 saturated carbocycles. The fourth-order valence-corrected chi connectivity index (χ4v) is 2.69. The Bertz CT molecular complexity index is 528. The Kier molecular flexibility index (Phi) is 2.57. The van der Waals surface area contributed by atoms with Gasteiger partial charge in [-0.3, -0.25) is 0 Å². The monoisotopic (exact) mass is 243 g/mol. The van der Waals surface area contributed by atoms with Gasteiger partial charge in [-0.2, -0.15) is 5.10 Å². The van der Waals surface area contributed by atoms with Gasteiger partial charge in [0.2, 0.25) is 0 Å². The first kappa shape index (κ1) is 10.4. The van der Waals surface area contributed by atoms with Crippen LogP contribution >= 0.6 is 11.3 Å². The summed E-state index contributed by atoms with van der Waals surface area (Å²) in [6, 6.07) is 12.4. The van der Waals surface area contributed by atoms with Gasteiger partial charge in [-0.1, -0.05) is 18.2 Å². The fourth-order valence-electron chi connectivity index (χ4n) is 1.96. The molecule has 0 fully saturated rings. The second-order valence-corrected chi connectivity index (χ2v) is 5.04. The molecule has 1 aromatic carbocycles. The summed E-state index contributed by atoms with van der Waals surface area (Å²) in [6.07, 6.45) is 0.935. The largest absolute Gasteiger partial charge is 0.399 e. The van der Waals surface area contributed by atoms with Crippen molar-refractivity contribution in [2.24, 2.45) is 5.10 Å². The Morgan fingerprint density at radius 2 is 2.06 bits per heavy atom. The maximum absolute atomic E-state index is 5.68. The first-order valence-corrected chi connectivity index (χ1v) is 6.42. The Morgan fingerprint density at radius 1 is 1.24 bits per heavy atom. The molecule has 1 aromatic heterocycles. The number of hydrogen-bond donors (Lipinski definition) is 2. The van der Waals surface area contributed by atoms with E-state index in [2.05, 4.69) is 40.2 Å². The van der Waals surface area contributed by atoms with E-state index >= 15 is 0 Å². The first-order valence-electron chi connectivity index (χ1n) is 5.54. The van der Waals surface area contributed by atoms with Crippen molar-refractivity contribution in [3.63, 3.8) is 0 Å². The number of rotatable bonds is 2. The van der Waals surface area contributed by atoms with Crippen molar-refractivity contribution in [1.82, 2.24) is 5.43 Å². The van der Waals surface area contributed by atoms with Crippen LogP contribution in [0.3, 0.4) is 0 Å². The number of nitrogen functional groups attached to an aromatic ring is 1. The highest BCUT2D eigenvalue weighted by Crippen LogP contribution is 2.26. The van der Waals surface area contributed by atoms with E-state index in [1.807, 2.05) is 12.1 Å². The predicted molar refractivity (Wildman–Crippen MR) is 72.2 cm³/mol. The van der Waals surface area contributed by atoms with Crippen LogP contribution in [0.5, 0.6) is 0 Å². The first-order chi connectivity index (χ1) is 8.33. The Morgan fingerprint density at radius 3 is 2.76 bits per heavy atom. The molecule has 86 valence electrons. The third kappa shape index (κ3) is 2.03. The van der Waals surface area contributed by atoms with Crippen molar-refractivity contribution >= 4 is 22.7 Å². The molecule has 0 aliphatic carbocycles. The molecule has 17 heavy (non-hydrogen) atoms. The summed E-state index contributed by atoms with van der Waals surface area (Å²) in [5.41, 5.74) is 12.0. The second kappa shape index (κ2) is 4.22. The Balaban J connectivity index is 1.76. The molecular formula is C13H13N3S. The van der Waals surface area contributed by atoms with Gasteiger partial charge in [-0.05, 0) is 29.1 Å². The van der Waals surface area contributed by atoms with E-state index in [0.29, 0.717) is 0 Å². The van der Waals surface area contributed by atoms with E-state index < -0.39 is 0 Å². The molecule has 4 heteroatoms.